The lowest BCUT2D eigenvalue weighted by molar-refractivity contribution is -0.137. The van der Waals surface area contributed by atoms with Crippen LogP contribution in [0.5, 0.6) is 5.75 Å². The Bertz CT molecular complexity index is 1350. The van der Waals surface area contributed by atoms with Gasteiger partial charge in [-0.2, -0.15) is 0 Å². The SMILES string of the molecule is CC1(C)CCC[C@@H]1c1cc(COc2cccc([C@@H](CC(=O)O)C3CC3)c2)ccc1-c1cc(C(F)F)ccc1F. The zero-order chi connectivity index (χ0) is 27.7. The number of aliphatic carboxylic acids is 1. The van der Waals surface area contributed by atoms with Gasteiger partial charge in [0, 0.05) is 11.1 Å². The van der Waals surface area contributed by atoms with E-state index in [1.165, 1.54) is 6.07 Å². The zero-order valence-corrected chi connectivity index (χ0v) is 22.4. The molecule has 0 heterocycles. The molecule has 39 heavy (non-hydrogen) atoms. The van der Waals surface area contributed by atoms with Crippen molar-refractivity contribution >= 4 is 5.97 Å². The largest absolute Gasteiger partial charge is 0.489 e. The summed E-state index contributed by atoms with van der Waals surface area (Å²) in [6, 6.07) is 17.0. The minimum absolute atomic E-state index is 0.00132. The molecule has 3 aromatic rings. The maximum absolute atomic E-state index is 15.0. The molecule has 0 aromatic heterocycles. The second-order valence-corrected chi connectivity index (χ2v) is 11.8. The van der Waals surface area contributed by atoms with Gasteiger partial charge in [0.25, 0.3) is 6.43 Å². The first kappa shape index (κ1) is 27.3. The van der Waals surface area contributed by atoms with E-state index in [0.29, 0.717) is 17.2 Å². The highest BCUT2D eigenvalue weighted by molar-refractivity contribution is 5.70. The standard InChI is InChI=1S/C33H35F3O3/c1-33(2)14-4-7-29(33)27-15-20(8-12-25(27)28-17-23(32(35)36)11-13-30(28)34)19-39-24-6-3-5-22(16-24)26(18-31(37)38)21-9-10-21/h3,5-6,8,11-13,15-17,21,26,29,32H,4,7,9-10,14,18-19H2,1-2H3,(H,37,38)/t26-,29+/m0/s1. The lowest BCUT2D eigenvalue weighted by Crippen LogP contribution is -2.17. The van der Waals surface area contributed by atoms with Crippen molar-refractivity contribution in [3.63, 3.8) is 0 Å². The Morgan fingerprint density at radius 1 is 1.00 bits per heavy atom. The highest BCUT2D eigenvalue weighted by atomic mass is 19.3. The normalized spacial score (nSPS) is 19.3. The third-order valence-electron chi connectivity index (χ3n) is 8.56. The molecule has 5 rings (SSSR count). The van der Waals surface area contributed by atoms with Gasteiger partial charge in [0.2, 0.25) is 0 Å². The molecule has 206 valence electrons. The summed E-state index contributed by atoms with van der Waals surface area (Å²) in [5, 5.41) is 9.37. The minimum Gasteiger partial charge on any atom is -0.489 e. The molecule has 1 N–H and O–H groups in total. The summed E-state index contributed by atoms with van der Waals surface area (Å²) in [7, 11) is 0. The number of hydrogen-bond donors (Lipinski definition) is 1. The van der Waals surface area contributed by atoms with E-state index in [2.05, 4.69) is 13.8 Å². The summed E-state index contributed by atoms with van der Waals surface area (Å²) in [4.78, 5) is 11.4. The van der Waals surface area contributed by atoms with Crippen molar-refractivity contribution in [1.82, 2.24) is 0 Å². The van der Waals surface area contributed by atoms with Crippen LogP contribution < -0.4 is 4.74 Å². The van der Waals surface area contributed by atoms with Crippen molar-refractivity contribution in [2.75, 3.05) is 0 Å². The van der Waals surface area contributed by atoms with E-state index in [0.717, 1.165) is 60.9 Å². The van der Waals surface area contributed by atoms with Crippen LogP contribution in [0.25, 0.3) is 11.1 Å². The first-order valence-corrected chi connectivity index (χ1v) is 13.8. The molecule has 6 heteroatoms. The second kappa shape index (κ2) is 11.1. The Labute approximate surface area is 228 Å². The molecule has 2 aliphatic rings. The van der Waals surface area contributed by atoms with Gasteiger partial charge >= 0.3 is 5.97 Å². The Kier molecular flexibility index (Phi) is 7.75. The van der Waals surface area contributed by atoms with E-state index in [1.807, 2.05) is 42.5 Å². The molecule has 2 fully saturated rings. The molecule has 3 aromatic carbocycles. The first-order chi connectivity index (χ1) is 18.6. The summed E-state index contributed by atoms with van der Waals surface area (Å²) in [6.07, 6.45) is 2.60. The Morgan fingerprint density at radius 2 is 1.79 bits per heavy atom. The fourth-order valence-electron chi connectivity index (χ4n) is 6.27. The van der Waals surface area contributed by atoms with Crippen molar-refractivity contribution in [3.8, 4) is 16.9 Å². The van der Waals surface area contributed by atoms with Gasteiger partial charge in [-0.3, -0.25) is 4.79 Å². The molecule has 2 atom stereocenters. The van der Waals surface area contributed by atoms with Crippen LogP contribution >= 0.6 is 0 Å². The van der Waals surface area contributed by atoms with E-state index in [4.69, 9.17) is 4.74 Å². The molecule has 0 spiro atoms. The predicted molar refractivity (Wildman–Crippen MR) is 146 cm³/mol. The Morgan fingerprint density at radius 3 is 2.46 bits per heavy atom. The van der Waals surface area contributed by atoms with Gasteiger partial charge < -0.3 is 9.84 Å². The summed E-state index contributed by atoms with van der Waals surface area (Å²) in [5.41, 5.74) is 3.53. The van der Waals surface area contributed by atoms with Gasteiger partial charge in [0.15, 0.2) is 0 Å². The maximum Gasteiger partial charge on any atom is 0.303 e. The van der Waals surface area contributed by atoms with E-state index in [1.54, 1.807) is 0 Å². The van der Waals surface area contributed by atoms with Crippen molar-refractivity contribution in [2.24, 2.45) is 11.3 Å². The number of benzene rings is 3. The van der Waals surface area contributed by atoms with Crippen LogP contribution in [0.3, 0.4) is 0 Å². The minimum atomic E-state index is -2.67. The van der Waals surface area contributed by atoms with Gasteiger partial charge in [-0.15, -0.1) is 0 Å². The maximum atomic E-state index is 15.0. The number of ether oxygens (including phenoxy) is 1. The number of alkyl halides is 2. The lowest BCUT2D eigenvalue weighted by Gasteiger charge is -2.30. The third-order valence-corrected chi connectivity index (χ3v) is 8.56. The van der Waals surface area contributed by atoms with Crippen molar-refractivity contribution in [3.05, 3.63) is 88.7 Å². The summed E-state index contributed by atoms with van der Waals surface area (Å²) in [5.74, 6) is -0.0718. The van der Waals surface area contributed by atoms with Gasteiger partial charge in [0.1, 0.15) is 18.2 Å². The summed E-state index contributed by atoms with van der Waals surface area (Å²) in [6.45, 7) is 4.71. The molecule has 0 bridgehead atoms. The quantitative estimate of drug-likeness (QED) is 0.281. The molecular formula is C33H35F3O3. The highest BCUT2D eigenvalue weighted by Gasteiger charge is 2.37. The van der Waals surface area contributed by atoms with Gasteiger partial charge in [-0.25, -0.2) is 13.2 Å². The van der Waals surface area contributed by atoms with Crippen LogP contribution in [0, 0.1) is 17.2 Å². The van der Waals surface area contributed by atoms with E-state index in [9.17, 15) is 23.1 Å². The van der Waals surface area contributed by atoms with Crippen LogP contribution in [-0.4, -0.2) is 11.1 Å². The van der Waals surface area contributed by atoms with Crippen LogP contribution in [0.4, 0.5) is 13.2 Å². The molecule has 0 aliphatic heterocycles. The first-order valence-electron chi connectivity index (χ1n) is 13.8. The van der Waals surface area contributed by atoms with E-state index >= 15 is 0 Å². The number of hydrogen-bond acceptors (Lipinski definition) is 2. The van der Waals surface area contributed by atoms with Crippen molar-refractivity contribution in [1.29, 1.82) is 0 Å². The van der Waals surface area contributed by atoms with Gasteiger partial charge in [-0.05, 0) is 95.4 Å². The molecule has 0 radical (unpaired) electrons. The number of halogens is 3. The predicted octanol–water partition coefficient (Wildman–Crippen LogP) is 9.27. The fourth-order valence-corrected chi connectivity index (χ4v) is 6.27. The molecule has 0 amide bonds. The zero-order valence-electron chi connectivity index (χ0n) is 22.4. The van der Waals surface area contributed by atoms with Crippen LogP contribution in [0.1, 0.15) is 92.9 Å². The smallest absolute Gasteiger partial charge is 0.303 e. The molecular weight excluding hydrogens is 501 g/mol. The summed E-state index contributed by atoms with van der Waals surface area (Å²) < 4.78 is 48.1. The summed E-state index contributed by atoms with van der Waals surface area (Å²) >= 11 is 0. The topological polar surface area (TPSA) is 46.5 Å². The molecule has 0 unspecified atom stereocenters. The van der Waals surface area contributed by atoms with Gasteiger partial charge in [-0.1, -0.05) is 56.7 Å². The number of carboxylic acids is 1. The highest BCUT2D eigenvalue weighted by Crippen LogP contribution is 2.51. The van der Waals surface area contributed by atoms with Crippen LogP contribution in [-0.2, 0) is 11.4 Å². The molecule has 2 saturated carbocycles. The fraction of sp³-hybridized carbons (Fsp3) is 0.424. The molecule has 3 nitrogen and oxygen atoms in total. The third kappa shape index (κ3) is 6.15. The second-order valence-electron chi connectivity index (χ2n) is 11.8. The Hall–Kier alpha value is -3.28. The van der Waals surface area contributed by atoms with E-state index in [-0.39, 0.29) is 41.4 Å². The van der Waals surface area contributed by atoms with Crippen LogP contribution in [0.15, 0.2) is 60.7 Å². The average Bonchev–Trinajstić information content (AvgIpc) is 3.68. The lowest BCUT2D eigenvalue weighted by atomic mass is 9.75. The molecule has 2 aliphatic carbocycles. The monoisotopic (exact) mass is 536 g/mol. The number of carboxylic acid groups (broad SMARTS) is 1. The molecule has 0 saturated heterocycles. The van der Waals surface area contributed by atoms with E-state index < -0.39 is 18.2 Å². The number of rotatable bonds is 10. The van der Waals surface area contributed by atoms with Crippen molar-refractivity contribution in [2.45, 2.75) is 77.2 Å². The van der Waals surface area contributed by atoms with Crippen LogP contribution in [0.2, 0.25) is 0 Å². The average molecular weight is 537 g/mol. The number of carbonyl (C=O) groups is 1. The van der Waals surface area contributed by atoms with Crippen molar-refractivity contribution < 1.29 is 27.8 Å². The Balaban J connectivity index is 1.44. The van der Waals surface area contributed by atoms with Gasteiger partial charge in [0.05, 0.1) is 6.42 Å².